The first-order chi connectivity index (χ1) is 10.9. The van der Waals surface area contributed by atoms with Crippen LogP contribution < -0.4 is 4.74 Å². The van der Waals surface area contributed by atoms with Gasteiger partial charge in [0.1, 0.15) is 5.75 Å². The first-order valence-corrected chi connectivity index (χ1v) is 11.4. The lowest BCUT2D eigenvalue weighted by Crippen LogP contribution is -2.52. The Bertz CT molecular complexity index is 503. The highest BCUT2D eigenvalue weighted by atomic mass is 28.4. The number of rotatable bonds is 8. The van der Waals surface area contributed by atoms with Crippen LogP contribution in [0.4, 0.5) is 0 Å². The summed E-state index contributed by atoms with van der Waals surface area (Å²) >= 11 is 0. The van der Waals surface area contributed by atoms with Crippen LogP contribution in [0, 0.1) is 0 Å². The first-order valence-electron chi connectivity index (χ1n) is 8.48. The van der Waals surface area contributed by atoms with Crippen molar-refractivity contribution in [2.45, 2.75) is 71.1 Å². The van der Waals surface area contributed by atoms with Crippen LogP contribution in [0.5, 0.6) is 5.75 Å². The third-order valence-electron chi connectivity index (χ3n) is 4.95. The maximum Gasteiger partial charge on any atom is 0.192 e. The molecule has 1 atom stereocenters. The Labute approximate surface area is 148 Å². The lowest BCUT2D eigenvalue weighted by molar-refractivity contribution is -0.117. The molecule has 5 heteroatoms. The van der Waals surface area contributed by atoms with E-state index < -0.39 is 13.9 Å². The van der Waals surface area contributed by atoms with Crippen molar-refractivity contribution in [3.8, 4) is 5.75 Å². The molecule has 0 aliphatic heterocycles. The molecule has 1 aromatic rings. The van der Waals surface area contributed by atoms with Gasteiger partial charge in [0.15, 0.2) is 8.32 Å². The normalized spacial score (nSPS) is 14.5. The number of ether oxygens (including phenoxy) is 2. The highest BCUT2D eigenvalue weighted by Crippen LogP contribution is 2.38. The Balaban J connectivity index is 2.75. The van der Waals surface area contributed by atoms with Gasteiger partial charge >= 0.3 is 0 Å². The molecular formula is C19H34O4Si. The van der Waals surface area contributed by atoms with Gasteiger partial charge < -0.3 is 19.0 Å². The SMILES string of the molecule is COc1ccc(COC(C)(C)C(CO)O[Si](C)(C)C(C)(C)C)cc1. The van der Waals surface area contributed by atoms with Crippen molar-refractivity contribution in [2.75, 3.05) is 13.7 Å². The molecule has 0 saturated heterocycles. The van der Waals surface area contributed by atoms with Gasteiger partial charge in [0.2, 0.25) is 0 Å². The quantitative estimate of drug-likeness (QED) is 0.704. The van der Waals surface area contributed by atoms with Crippen molar-refractivity contribution >= 4 is 8.32 Å². The molecule has 0 aliphatic rings. The average molecular weight is 355 g/mol. The van der Waals surface area contributed by atoms with Crippen LogP contribution in [0.2, 0.25) is 18.1 Å². The van der Waals surface area contributed by atoms with Gasteiger partial charge in [-0.15, -0.1) is 0 Å². The number of aliphatic hydroxyl groups excluding tert-OH is 1. The van der Waals surface area contributed by atoms with Gasteiger partial charge in [0.05, 0.1) is 32.0 Å². The van der Waals surface area contributed by atoms with E-state index in [2.05, 4.69) is 33.9 Å². The number of hydrogen-bond donors (Lipinski definition) is 1. The van der Waals surface area contributed by atoms with Gasteiger partial charge in [-0.2, -0.15) is 0 Å². The van der Waals surface area contributed by atoms with Crippen molar-refractivity contribution < 1.29 is 19.0 Å². The lowest BCUT2D eigenvalue weighted by Gasteiger charge is -2.43. The van der Waals surface area contributed by atoms with E-state index in [1.807, 2.05) is 38.1 Å². The first kappa shape index (κ1) is 21.2. The molecule has 0 bridgehead atoms. The summed E-state index contributed by atoms with van der Waals surface area (Å²) in [5.41, 5.74) is 0.484. The summed E-state index contributed by atoms with van der Waals surface area (Å²) in [4.78, 5) is 0. The largest absolute Gasteiger partial charge is 0.497 e. The third-order valence-corrected chi connectivity index (χ3v) is 9.44. The number of aliphatic hydroxyl groups is 1. The second kappa shape index (κ2) is 8.00. The fraction of sp³-hybridized carbons (Fsp3) is 0.684. The average Bonchev–Trinajstić information content (AvgIpc) is 2.50. The predicted molar refractivity (Wildman–Crippen MR) is 101 cm³/mol. The molecule has 0 heterocycles. The van der Waals surface area contributed by atoms with Crippen molar-refractivity contribution in [1.29, 1.82) is 0 Å². The van der Waals surface area contributed by atoms with Crippen molar-refractivity contribution in [3.05, 3.63) is 29.8 Å². The summed E-state index contributed by atoms with van der Waals surface area (Å²) < 4.78 is 17.6. The maximum atomic E-state index is 9.86. The van der Waals surface area contributed by atoms with Crippen molar-refractivity contribution in [1.82, 2.24) is 0 Å². The van der Waals surface area contributed by atoms with Gasteiger partial charge in [-0.1, -0.05) is 32.9 Å². The van der Waals surface area contributed by atoms with Crippen LogP contribution in [-0.4, -0.2) is 38.8 Å². The summed E-state index contributed by atoms with van der Waals surface area (Å²) in [5.74, 6) is 0.826. The molecular weight excluding hydrogens is 320 g/mol. The summed E-state index contributed by atoms with van der Waals surface area (Å²) in [5, 5.41) is 9.95. The van der Waals surface area contributed by atoms with E-state index >= 15 is 0 Å². The second-order valence-electron chi connectivity index (χ2n) is 8.29. The highest BCUT2D eigenvalue weighted by Gasteiger charge is 2.43. The fourth-order valence-corrected chi connectivity index (χ4v) is 3.44. The second-order valence-corrected chi connectivity index (χ2v) is 13.0. The predicted octanol–water partition coefficient (Wildman–Crippen LogP) is 4.37. The van der Waals surface area contributed by atoms with Gasteiger partial charge in [-0.3, -0.25) is 0 Å². The molecule has 1 rings (SSSR count). The standard InChI is InChI=1S/C19H34O4Si/c1-18(2,3)24(7,8)23-17(13-20)19(4,5)22-14-15-9-11-16(21-6)12-10-15/h9-12,17,20H,13-14H2,1-8H3. The summed E-state index contributed by atoms with van der Waals surface area (Å²) in [7, 11) is -0.325. The summed E-state index contributed by atoms with van der Waals surface area (Å²) in [6.07, 6.45) is -0.350. The van der Waals surface area contributed by atoms with Gasteiger partial charge in [0, 0.05) is 0 Å². The summed E-state index contributed by atoms with van der Waals surface area (Å²) in [6.45, 7) is 15.3. The highest BCUT2D eigenvalue weighted by molar-refractivity contribution is 6.74. The number of methoxy groups -OCH3 is 1. The van der Waals surface area contributed by atoms with Crippen LogP contribution >= 0.6 is 0 Å². The molecule has 0 aromatic heterocycles. The molecule has 0 aliphatic carbocycles. The number of hydrogen-bond acceptors (Lipinski definition) is 4. The van der Waals surface area contributed by atoms with Crippen molar-refractivity contribution in [3.63, 3.8) is 0 Å². The Hall–Kier alpha value is -0.883. The lowest BCUT2D eigenvalue weighted by atomic mass is 10.0. The molecule has 138 valence electrons. The van der Waals surface area contributed by atoms with E-state index in [0.717, 1.165) is 11.3 Å². The fourth-order valence-electron chi connectivity index (χ4n) is 2.02. The third kappa shape index (κ3) is 5.58. The van der Waals surface area contributed by atoms with Gasteiger partial charge in [-0.05, 0) is 49.7 Å². The van der Waals surface area contributed by atoms with E-state index in [1.165, 1.54) is 0 Å². The Morgan fingerprint density at radius 3 is 2.00 bits per heavy atom. The minimum atomic E-state index is -1.98. The van der Waals surface area contributed by atoms with Crippen molar-refractivity contribution in [2.24, 2.45) is 0 Å². The smallest absolute Gasteiger partial charge is 0.192 e. The van der Waals surface area contributed by atoms with Gasteiger partial charge in [0.25, 0.3) is 0 Å². The summed E-state index contributed by atoms with van der Waals surface area (Å²) in [6, 6.07) is 7.80. The maximum absolute atomic E-state index is 9.86. The van der Waals surface area contributed by atoms with Gasteiger partial charge in [-0.25, -0.2) is 0 Å². The van der Waals surface area contributed by atoms with Crippen LogP contribution in [-0.2, 0) is 15.8 Å². The van der Waals surface area contributed by atoms with Crippen LogP contribution in [0.15, 0.2) is 24.3 Å². The molecule has 0 fully saturated rings. The van der Waals surface area contributed by atoms with Crippen LogP contribution in [0.1, 0.15) is 40.2 Å². The molecule has 0 spiro atoms. The molecule has 4 nitrogen and oxygen atoms in total. The molecule has 0 radical (unpaired) electrons. The zero-order valence-electron chi connectivity index (χ0n) is 16.5. The van der Waals surface area contributed by atoms with Crippen LogP contribution in [0.3, 0.4) is 0 Å². The Morgan fingerprint density at radius 1 is 1.04 bits per heavy atom. The Kier molecular flexibility index (Phi) is 7.05. The molecule has 0 amide bonds. The minimum absolute atomic E-state index is 0.0534. The molecule has 0 saturated carbocycles. The van der Waals surface area contributed by atoms with E-state index in [0.29, 0.717) is 6.61 Å². The van der Waals surface area contributed by atoms with E-state index in [4.69, 9.17) is 13.9 Å². The number of benzene rings is 1. The molecule has 1 unspecified atom stereocenters. The van der Waals surface area contributed by atoms with Crippen LogP contribution in [0.25, 0.3) is 0 Å². The zero-order valence-corrected chi connectivity index (χ0v) is 17.5. The monoisotopic (exact) mass is 354 g/mol. The topological polar surface area (TPSA) is 47.9 Å². The molecule has 1 aromatic carbocycles. The zero-order chi connectivity index (χ0) is 18.6. The molecule has 1 N–H and O–H groups in total. The van der Waals surface area contributed by atoms with E-state index in [-0.39, 0.29) is 17.7 Å². The minimum Gasteiger partial charge on any atom is -0.497 e. The molecule has 24 heavy (non-hydrogen) atoms. The Morgan fingerprint density at radius 2 is 1.58 bits per heavy atom. The van der Waals surface area contributed by atoms with E-state index in [9.17, 15) is 5.11 Å². The van der Waals surface area contributed by atoms with E-state index in [1.54, 1.807) is 7.11 Å².